The number of rotatable bonds is 12. The molecule has 4 aromatic rings. The van der Waals surface area contributed by atoms with Crippen LogP contribution in [0.5, 0.6) is 34.5 Å². The van der Waals surface area contributed by atoms with Crippen molar-refractivity contribution in [3.63, 3.8) is 0 Å². The number of fused-ring (bicyclic) bond motifs is 5. The maximum atomic E-state index is 14.9. The van der Waals surface area contributed by atoms with Crippen molar-refractivity contribution in [3.05, 3.63) is 95.1 Å². The Hall–Kier alpha value is -5.54. The van der Waals surface area contributed by atoms with Crippen molar-refractivity contribution in [1.82, 2.24) is 0 Å². The van der Waals surface area contributed by atoms with Crippen molar-refractivity contribution >= 4 is 11.9 Å². The topological polar surface area (TPSA) is 156 Å². The fraction of sp³-hybridized carbons (Fsp3) is 0.350. The molecule has 1 saturated heterocycles. The molecule has 5 atom stereocenters. The van der Waals surface area contributed by atoms with Crippen LogP contribution in [0.25, 0.3) is 11.1 Å². The van der Waals surface area contributed by atoms with E-state index in [1.807, 2.05) is 60.7 Å². The minimum Gasteiger partial charge on any atom is -0.493 e. The molecular formula is C40H42O14. The number of esters is 2. The summed E-state index contributed by atoms with van der Waals surface area (Å²) in [6, 6.07) is 21.4. The maximum Gasteiger partial charge on any atom is 0.339 e. The molecular weight excluding hydrogens is 704 g/mol. The number of aliphatic hydroxyl groups is 1. The van der Waals surface area contributed by atoms with Gasteiger partial charge in [-0.2, -0.15) is 0 Å². The Labute approximate surface area is 312 Å². The SMILES string of the molecule is COc1cc2c(c(OC)c1OC)-c1c(cc(OC)c(OC)c1OC)C(=O)O[C@H]1[C@H](OCc3ccccc3)[C@@H](COC2=O)OC(O)[C@@H]1OCc1ccccc1. The smallest absolute Gasteiger partial charge is 0.339 e. The summed E-state index contributed by atoms with van der Waals surface area (Å²) in [6.07, 6.45) is -6.45. The van der Waals surface area contributed by atoms with Crippen LogP contribution in [0.2, 0.25) is 0 Å². The van der Waals surface area contributed by atoms with E-state index in [4.69, 9.17) is 52.1 Å². The lowest BCUT2D eigenvalue weighted by molar-refractivity contribution is -0.305. The predicted octanol–water partition coefficient (Wildman–Crippen LogP) is 4.99. The van der Waals surface area contributed by atoms with Gasteiger partial charge in [-0.05, 0) is 23.3 Å². The van der Waals surface area contributed by atoms with Gasteiger partial charge in [0.05, 0.1) is 67.0 Å². The van der Waals surface area contributed by atoms with Crippen molar-refractivity contribution in [1.29, 1.82) is 0 Å². The van der Waals surface area contributed by atoms with E-state index in [1.165, 1.54) is 54.8 Å². The molecule has 0 aliphatic carbocycles. The standard InChI is InChI=1S/C40H42O14/c1-44-26-17-24-29(34(48-5)31(26)46-3)30-25(18-27(45-2)32(47-4)35(30)49-6)39(42)54-36-33(50-19-22-13-9-7-10-14-22)28(21-52-38(24)41)53-40(43)37(36)51-20-23-15-11-8-12-16-23/h7-18,28,33,36-37,40,43H,19-21H2,1-6H3/t28-,33-,36+,37-,40?/m1/s1. The van der Waals surface area contributed by atoms with Crippen LogP contribution >= 0.6 is 0 Å². The molecule has 0 amide bonds. The van der Waals surface area contributed by atoms with Gasteiger partial charge >= 0.3 is 11.9 Å². The molecule has 1 fully saturated rings. The molecule has 14 nitrogen and oxygen atoms in total. The zero-order chi connectivity index (χ0) is 38.4. The van der Waals surface area contributed by atoms with Crippen LogP contribution in [0, 0.1) is 0 Å². The van der Waals surface area contributed by atoms with Gasteiger partial charge in [-0.1, -0.05) is 60.7 Å². The third-order valence-electron chi connectivity index (χ3n) is 9.15. The van der Waals surface area contributed by atoms with Gasteiger partial charge in [0.1, 0.15) is 24.9 Å². The first-order valence-electron chi connectivity index (χ1n) is 17.0. The summed E-state index contributed by atoms with van der Waals surface area (Å²) in [7, 11) is 8.32. The lowest BCUT2D eigenvalue weighted by Crippen LogP contribution is -2.61. The summed E-state index contributed by atoms with van der Waals surface area (Å²) in [5, 5.41) is 11.5. The lowest BCUT2D eigenvalue weighted by Gasteiger charge is -2.44. The Balaban J connectivity index is 1.58. The predicted molar refractivity (Wildman–Crippen MR) is 192 cm³/mol. The molecule has 0 saturated carbocycles. The van der Waals surface area contributed by atoms with Crippen molar-refractivity contribution in [2.45, 2.75) is 43.9 Å². The second-order valence-electron chi connectivity index (χ2n) is 12.2. The highest BCUT2D eigenvalue weighted by Gasteiger charge is 2.51. The number of cyclic esters (lactones) is 1. The van der Waals surface area contributed by atoms with Crippen LogP contribution in [-0.4, -0.2) is 97.0 Å². The first kappa shape index (κ1) is 38.2. The second-order valence-corrected chi connectivity index (χ2v) is 12.2. The van der Waals surface area contributed by atoms with Crippen molar-refractivity contribution in [2.24, 2.45) is 0 Å². The normalized spacial score (nSPS) is 20.8. The van der Waals surface area contributed by atoms with Crippen molar-refractivity contribution < 1.29 is 66.8 Å². The zero-order valence-corrected chi connectivity index (χ0v) is 30.7. The lowest BCUT2D eigenvalue weighted by atomic mass is 9.91. The Kier molecular flexibility index (Phi) is 12.1. The van der Waals surface area contributed by atoms with E-state index in [0.29, 0.717) is 0 Å². The molecule has 1 N–H and O–H groups in total. The zero-order valence-electron chi connectivity index (χ0n) is 30.7. The summed E-state index contributed by atoms with van der Waals surface area (Å²) in [5.74, 6) is -1.31. The maximum absolute atomic E-state index is 14.9. The van der Waals surface area contributed by atoms with Crippen molar-refractivity contribution in [3.8, 4) is 45.6 Å². The molecule has 0 spiro atoms. The van der Waals surface area contributed by atoms with E-state index in [1.54, 1.807) is 0 Å². The highest BCUT2D eigenvalue weighted by Crippen LogP contribution is 2.54. The van der Waals surface area contributed by atoms with Gasteiger partial charge in [0.25, 0.3) is 0 Å². The van der Waals surface area contributed by atoms with E-state index in [9.17, 15) is 14.7 Å². The minimum atomic E-state index is -1.63. The van der Waals surface area contributed by atoms with Gasteiger partial charge < -0.3 is 57.2 Å². The summed E-state index contributed by atoms with van der Waals surface area (Å²) >= 11 is 0. The molecule has 54 heavy (non-hydrogen) atoms. The third kappa shape index (κ3) is 7.46. The molecule has 6 rings (SSSR count). The summed E-state index contributed by atoms with van der Waals surface area (Å²) in [4.78, 5) is 29.2. The van der Waals surface area contributed by atoms with Crippen LogP contribution in [0.4, 0.5) is 0 Å². The van der Waals surface area contributed by atoms with E-state index in [-0.39, 0.29) is 70.0 Å². The Morgan fingerprint density at radius 1 is 0.611 bits per heavy atom. The molecule has 4 aromatic carbocycles. The fourth-order valence-electron chi connectivity index (χ4n) is 6.63. The molecule has 0 radical (unpaired) electrons. The van der Waals surface area contributed by atoms with Gasteiger partial charge in [-0.25, -0.2) is 9.59 Å². The first-order valence-corrected chi connectivity index (χ1v) is 17.0. The second kappa shape index (κ2) is 17.1. The molecule has 286 valence electrons. The molecule has 2 aliphatic rings. The third-order valence-corrected chi connectivity index (χ3v) is 9.15. The van der Waals surface area contributed by atoms with Gasteiger partial charge in [-0.3, -0.25) is 0 Å². The molecule has 2 heterocycles. The van der Waals surface area contributed by atoms with E-state index >= 15 is 0 Å². The van der Waals surface area contributed by atoms with Crippen LogP contribution in [0.1, 0.15) is 31.8 Å². The van der Waals surface area contributed by atoms with Gasteiger partial charge in [0, 0.05) is 11.1 Å². The number of carbonyl (C=O) groups is 2. The molecule has 1 unspecified atom stereocenters. The quantitative estimate of drug-likeness (QED) is 0.194. The minimum absolute atomic E-state index is 0.000858. The van der Waals surface area contributed by atoms with Crippen LogP contribution in [0.3, 0.4) is 0 Å². The Morgan fingerprint density at radius 2 is 1.07 bits per heavy atom. The number of carbonyl (C=O) groups excluding carboxylic acids is 2. The highest BCUT2D eigenvalue weighted by atomic mass is 16.7. The van der Waals surface area contributed by atoms with Gasteiger partial charge in [-0.15, -0.1) is 0 Å². The number of methoxy groups -OCH3 is 6. The van der Waals surface area contributed by atoms with E-state index in [2.05, 4.69) is 0 Å². The number of hydrogen-bond acceptors (Lipinski definition) is 14. The number of benzene rings is 4. The monoisotopic (exact) mass is 746 g/mol. The Bertz CT molecular complexity index is 1930. The number of aliphatic hydroxyl groups excluding tert-OH is 1. The summed E-state index contributed by atoms with van der Waals surface area (Å²) < 4.78 is 65.4. The largest absolute Gasteiger partial charge is 0.493 e. The number of ether oxygens (including phenoxy) is 11. The average molecular weight is 747 g/mol. The van der Waals surface area contributed by atoms with Crippen LogP contribution in [0.15, 0.2) is 72.8 Å². The number of hydrogen-bond donors (Lipinski definition) is 1. The van der Waals surface area contributed by atoms with Gasteiger partial charge in [0.15, 0.2) is 35.4 Å². The summed E-state index contributed by atoms with van der Waals surface area (Å²) in [6.45, 7) is -0.338. The molecule has 14 heteroatoms. The van der Waals surface area contributed by atoms with E-state index in [0.717, 1.165) is 11.1 Å². The van der Waals surface area contributed by atoms with Crippen molar-refractivity contribution in [2.75, 3.05) is 49.3 Å². The van der Waals surface area contributed by atoms with E-state index < -0.39 is 49.3 Å². The van der Waals surface area contributed by atoms with Crippen LogP contribution < -0.4 is 28.4 Å². The van der Waals surface area contributed by atoms with Crippen LogP contribution in [-0.2, 0) is 36.9 Å². The molecule has 2 aliphatic heterocycles. The Morgan fingerprint density at radius 3 is 1.54 bits per heavy atom. The molecule has 2 bridgehead atoms. The molecule has 0 aromatic heterocycles. The highest BCUT2D eigenvalue weighted by molar-refractivity contribution is 6.08. The van der Waals surface area contributed by atoms with Gasteiger partial charge in [0.2, 0.25) is 11.5 Å². The first-order chi connectivity index (χ1) is 26.3. The summed E-state index contributed by atoms with van der Waals surface area (Å²) in [5.41, 5.74) is 1.45. The average Bonchev–Trinajstić information content (AvgIpc) is 3.20. The fourth-order valence-corrected chi connectivity index (χ4v) is 6.63.